The van der Waals surface area contributed by atoms with Crippen LogP contribution in [0.15, 0.2) is 10.2 Å². The van der Waals surface area contributed by atoms with Crippen molar-refractivity contribution in [2.45, 2.75) is 0 Å². The lowest BCUT2D eigenvalue weighted by Crippen LogP contribution is -1.98. The maximum atomic E-state index is 9.26. The molecule has 110 valence electrons. The van der Waals surface area contributed by atoms with Gasteiger partial charge < -0.3 is 19.3 Å². The highest BCUT2D eigenvalue weighted by molar-refractivity contribution is 5.23. The summed E-state index contributed by atoms with van der Waals surface area (Å²) in [6, 6.07) is -0.650. The Kier molecular flexibility index (Phi) is 4.28. The number of aromatic hydroxyl groups is 1. The predicted molar refractivity (Wildman–Crippen MR) is 65.2 cm³/mol. The van der Waals surface area contributed by atoms with Gasteiger partial charge >= 0.3 is 24.0 Å². The molecule has 0 fully saturated rings. The topological polar surface area (TPSA) is 150 Å². The minimum atomic E-state index is -0.554. The van der Waals surface area contributed by atoms with Crippen molar-refractivity contribution in [3.63, 3.8) is 0 Å². The van der Waals surface area contributed by atoms with Gasteiger partial charge in [-0.1, -0.05) is 0 Å². The van der Waals surface area contributed by atoms with Crippen molar-refractivity contribution in [2.75, 3.05) is 21.3 Å². The van der Waals surface area contributed by atoms with Gasteiger partial charge in [0.15, 0.2) is 0 Å². The molecule has 0 bridgehead atoms. The number of rotatable bonds is 5. The zero-order valence-electron chi connectivity index (χ0n) is 11.2. The SMILES string of the molecule is COc1nc(O)nc(/N=N/c2nc(OC)nc(OC)n2)n1. The van der Waals surface area contributed by atoms with E-state index >= 15 is 0 Å². The van der Waals surface area contributed by atoms with Crippen LogP contribution in [0.25, 0.3) is 0 Å². The summed E-state index contributed by atoms with van der Waals surface area (Å²) in [5.41, 5.74) is 0. The van der Waals surface area contributed by atoms with Crippen LogP contribution in [0.3, 0.4) is 0 Å². The summed E-state index contributed by atoms with van der Waals surface area (Å²) in [6.07, 6.45) is 0. The molecule has 0 aromatic carbocycles. The maximum absolute atomic E-state index is 9.26. The van der Waals surface area contributed by atoms with Crippen molar-refractivity contribution in [1.29, 1.82) is 0 Å². The molecule has 0 spiro atoms. The summed E-state index contributed by atoms with van der Waals surface area (Å²) in [4.78, 5) is 22.2. The van der Waals surface area contributed by atoms with Crippen molar-refractivity contribution in [2.24, 2.45) is 10.2 Å². The van der Waals surface area contributed by atoms with Gasteiger partial charge in [-0.3, -0.25) is 0 Å². The normalized spacial score (nSPS) is 10.6. The summed E-state index contributed by atoms with van der Waals surface area (Å²) in [5.74, 6) is -0.268. The fourth-order valence-electron chi connectivity index (χ4n) is 1.12. The zero-order chi connectivity index (χ0) is 15.2. The standard InChI is InChI=1S/C9H10N8O4/c1-19-7-11-4(10-6(18)14-7)16-17-5-12-8(20-2)15-9(13-5)21-3/h1-3H3,(H,10,11,14,18)/b17-16+. The summed E-state index contributed by atoms with van der Waals surface area (Å²) < 4.78 is 14.5. The molecule has 12 heteroatoms. The van der Waals surface area contributed by atoms with E-state index in [1.54, 1.807) is 0 Å². The fraction of sp³-hybridized carbons (Fsp3) is 0.333. The molecule has 0 amide bonds. The van der Waals surface area contributed by atoms with Gasteiger partial charge in [-0.25, -0.2) is 0 Å². The fourth-order valence-corrected chi connectivity index (χ4v) is 1.12. The number of azo groups is 1. The summed E-state index contributed by atoms with van der Waals surface area (Å²) in [7, 11) is 4.09. The first-order chi connectivity index (χ1) is 10.1. The van der Waals surface area contributed by atoms with Crippen molar-refractivity contribution in [3.05, 3.63) is 0 Å². The highest BCUT2D eigenvalue weighted by Gasteiger charge is 2.08. The minimum Gasteiger partial charge on any atom is -0.479 e. The highest BCUT2D eigenvalue weighted by atomic mass is 16.5. The Bertz CT molecular complexity index is 642. The maximum Gasteiger partial charge on any atom is 0.324 e. The number of aromatic nitrogens is 6. The first kappa shape index (κ1) is 14.2. The first-order valence-corrected chi connectivity index (χ1v) is 5.39. The first-order valence-electron chi connectivity index (χ1n) is 5.39. The Morgan fingerprint density at radius 1 is 0.667 bits per heavy atom. The van der Waals surface area contributed by atoms with Crippen LogP contribution in [0.2, 0.25) is 0 Å². The van der Waals surface area contributed by atoms with E-state index < -0.39 is 6.01 Å². The van der Waals surface area contributed by atoms with E-state index in [9.17, 15) is 5.11 Å². The summed E-state index contributed by atoms with van der Waals surface area (Å²) in [6.45, 7) is 0. The van der Waals surface area contributed by atoms with E-state index in [1.807, 2.05) is 0 Å². The summed E-state index contributed by atoms with van der Waals surface area (Å²) >= 11 is 0. The average Bonchev–Trinajstić information content (AvgIpc) is 2.51. The molecule has 0 saturated carbocycles. The molecule has 1 N–H and O–H groups in total. The highest BCUT2D eigenvalue weighted by Crippen LogP contribution is 2.18. The molecule has 2 aromatic heterocycles. The molecule has 0 radical (unpaired) electrons. The Hall–Kier alpha value is -3.18. The third kappa shape index (κ3) is 3.65. The number of nitrogens with zero attached hydrogens (tertiary/aromatic N) is 8. The quantitative estimate of drug-likeness (QED) is 0.757. The van der Waals surface area contributed by atoms with Crippen molar-refractivity contribution in [3.8, 4) is 24.0 Å². The van der Waals surface area contributed by atoms with E-state index in [0.29, 0.717) is 0 Å². The van der Waals surface area contributed by atoms with Crippen LogP contribution in [0, 0.1) is 0 Å². The Morgan fingerprint density at radius 2 is 1.10 bits per heavy atom. The lowest BCUT2D eigenvalue weighted by molar-refractivity contribution is 0.340. The van der Waals surface area contributed by atoms with Gasteiger partial charge in [0.2, 0.25) is 0 Å². The zero-order valence-corrected chi connectivity index (χ0v) is 11.2. The van der Waals surface area contributed by atoms with E-state index in [-0.39, 0.29) is 29.9 Å². The van der Waals surface area contributed by atoms with Gasteiger partial charge in [0.1, 0.15) is 0 Å². The van der Waals surface area contributed by atoms with Gasteiger partial charge in [-0.05, 0) is 0 Å². The van der Waals surface area contributed by atoms with E-state index in [0.717, 1.165) is 0 Å². The third-order valence-electron chi connectivity index (χ3n) is 1.95. The molecule has 21 heavy (non-hydrogen) atoms. The third-order valence-corrected chi connectivity index (χ3v) is 1.95. The van der Waals surface area contributed by atoms with Crippen molar-refractivity contribution < 1.29 is 19.3 Å². The molecule has 2 heterocycles. The van der Waals surface area contributed by atoms with Gasteiger partial charge in [-0.15, -0.1) is 20.2 Å². The molecule has 0 aliphatic heterocycles. The van der Waals surface area contributed by atoms with Crippen molar-refractivity contribution >= 4 is 11.9 Å². The molecule has 12 nitrogen and oxygen atoms in total. The van der Waals surface area contributed by atoms with Crippen LogP contribution in [-0.2, 0) is 0 Å². The molecule has 0 atom stereocenters. The average molecular weight is 294 g/mol. The van der Waals surface area contributed by atoms with Crippen LogP contribution >= 0.6 is 0 Å². The Labute approximate surface area is 117 Å². The summed E-state index contributed by atoms with van der Waals surface area (Å²) in [5, 5.41) is 16.6. The van der Waals surface area contributed by atoms with Gasteiger partial charge in [0, 0.05) is 0 Å². The molecule has 0 unspecified atom stereocenters. The molecule has 2 rings (SSSR count). The Morgan fingerprint density at radius 3 is 1.57 bits per heavy atom. The van der Waals surface area contributed by atoms with E-state index in [2.05, 4.69) is 40.1 Å². The number of hydrogen-bond donors (Lipinski definition) is 1. The minimum absolute atomic E-state index is 0.00637. The molecule has 0 aliphatic rings. The molecular formula is C9H10N8O4. The number of methoxy groups -OCH3 is 3. The lowest BCUT2D eigenvalue weighted by atomic mass is 10.9. The van der Waals surface area contributed by atoms with E-state index in [4.69, 9.17) is 14.2 Å². The monoisotopic (exact) mass is 294 g/mol. The van der Waals surface area contributed by atoms with Crippen LogP contribution < -0.4 is 14.2 Å². The van der Waals surface area contributed by atoms with Crippen LogP contribution in [0.1, 0.15) is 0 Å². The second kappa shape index (κ2) is 6.31. The second-order valence-corrected chi connectivity index (χ2v) is 3.23. The van der Waals surface area contributed by atoms with Crippen LogP contribution in [-0.4, -0.2) is 56.3 Å². The van der Waals surface area contributed by atoms with Crippen LogP contribution in [0.4, 0.5) is 11.9 Å². The van der Waals surface area contributed by atoms with Crippen molar-refractivity contribution in [1.82, 2.24) is 29.9 Å². The molecule has 0 saturated heterocycles. The lowest BCUT2D eigenvalue weighted by Gasteiger charge is -2.01. The van der Waals surface area contributed by atoms with Crippen LogP contribution in [0.5, 0.6) is 24.0 Å². The van der Waals surface area contributed by atoms with Gasteiger partial charge in [0.05, 0.1) is 21.3 Å². The van der Waals surface area contributed by atoms with Gasteiger partial charge in [0.25, 0.3) is 11.9 Å². The smallest absolute Gasteiger partial charge is 0.324 e. The molecular weight excluding hydrogens is 284 g/mol. The predicted octanol–water partition coefficient (Wildman–Crippen LogP) is 0.203. The number of hydrogen-bond acceptors (Lipinski definition) is 12. The molecule has 0 aliphatic carbocycles. The largest absolute Gasteiger partial charge is 0.479 e. The molecule has 2 aromatic rings. The number of ether oxygens (including phenoxy) is 3. The van der Waals surface area contributed by atoms with Gasteiger partial charge in [-0.2, -0.15) is 19.9 Å². The second-order valence-electron chi connectivity index (χ2n) is 3.23. The Balaban J connectivity index is 2.30. The van der Waals surface area contributed by atoms with E-state index in [1.165, 1.54) is 21.3 Å².